The number of nitrogens with one attached hydrogen (secondary N) is 2. The molecule has 0 fully saturated rings. The second-order valence-electron chi connectivity index (χ2n) is 8.10. The number of oxazole rings is 1. The number of sulfonamides is 1. The van der Waals surface area contributed by atoms with Gasteiger partial charge in [0.1, 0.15) is 10.6 Å². The Balaban J connectivity index is 1.91. The Labute approximate surface area is 192 Å². The fourth-order valence-electron chi connectivity index (χ4n) is 3.26. The van der Waals surface area contributed by atoms with E-state index in [9.17, 15) is 18.0 Å². The van der Waals surface area contributed by atoms with Crippen molar-refractivity contribution >= 4 is 32.7 Å². The predicted octanol–water partition coefficient (Wildman–Crippen LogP) is 2.10. The van der Waals surface area contributed by atoms with Gasteiger partial charge in [0.2, 0.25) is 10.0 Å². The van der Waals surface area contributed by atoms with Gasteiger partial charge in [-0.1, -0.05) is 0 Å². The fourth-order valence-corrected chi connectivity index (χ4v) is 4.70. The predicted molar refractivity (Wildman–Crippen MR) is 125 cm³/mol. The molecule has 0 spiro atoms. The molecule has 0 bridgehead atoms. The van der Waals surface area contributed by atoms with E-state index in [4.69, 9.17) is 9.15 Å². The maximum atomic E-state index is 12.9. The Morgan fingerprint density at radius 2 is 1.91 bits per heavy atom. The number of carbonyl (C=O) groups excluding carboxylic acids is 1. The number of hydrogen-bond donors (Lipinski definition) is 2. The highest BCUT2D eigenvalue weighted by Gasteiger charge is 2.22. The van der Waals surface area contributed by atoms with Gasteiger partial charge in [0.15, 0.2) is 5.58 Å². The van der Waals surface area contributed by atoms with E-state index in [-0.39, 0.29) is 22.3 Å². The molecule has 0 radical (unpaired) electrons. The summed E-state index contributed by atoms with van der Waals surface area (Å²) >= 11 is 0. The Kier molecular flexibility index (Phi) is 7.25. The van der Waals surface area contributed by atoms with Crippen molar-refractivity contribution in [1.82, 2.24) is 14.2 Å². The largest absolute Gasteiger partial charge is 0.495 e. The van der Waals surface area contributed by atoms with Crippen molar-refractivity contribution in [3.63, 3.8) is 0 Å². The van der Waals surface area contributed by atoms with Gasteiger partial charge in [-0.25, -0.2) is 17.9 Å². The number of fused-ring (bicyclic) bond motifs is 1. The second kappa shape index (κ2) is 9.77. The Morgan fingerprint density at radius 1 is 1.18 bits per heavy atom. The van der Waals surface area contributed by atoms with Crippen LogP contribution in [0.2, 0.25) is 0 Å². The number of likely N-dealkylation sites (N-methyl/N-ethyl adjacent to an activating group) is 1. The van der Waals surface area contributed by atoms with Gasteiger partial charge in [-0.3, -0.25) is 9.36 Å². The van der Waals surface area contributed by atoms with Crippen molar-refractivity contribution in [2.45, 2.75) is 31.3 Å². The highest BCUT2D eigenvalue weighted by atomic mass is 32.2. The minimum Gasteiger partial charge on any atom is -0.495 e. The molecule has 0 aliphatic rings. The standard InChI is InChI=1S/C22H28N4O6S/c1-14(2)24-33(29,30)20-12-15(6-8-19(20)31-5)21(27)23-16-7-9-18-17(13-16)26(22(28)32-18)11-10-25(3)4/h6-9,12-14,24H,10-11H2,1-5H3,(H,23,27). The van der Waals surface area contributed by atoms with Gasteiger partial charge in [0.25, 0.3) is 5.91 Å². The summed E-state index contributed by atoms with van der Waals surface area (Å²) in [7, 11) is 1.28. The first kappa shape index (κ1) is 24.5. The van der Waals surface area contributed by atoms with E-state index in [1.807, 2.05) is 19.0 Å². The van der Waals surface area contributed by atoms with Gasteiger partial charge in [0, 0.05) is 30.4 Å². The molecule has 1 aromatic heterocycles. The molecule has 1 amide bonds. The van der Waals surface area contributed by atoms with Gasteiger partial charge in [-0.05, 0) is 64.3 Å². The number of methoxy groups -OCH3 is 1. The van der Waals surface area contributed by atoms with E-state index in [0.717, 1.165) is 0 Å². The monoisotopic (exact) mass is 476 g/mol. The third kappa shape index (κ3) is 5.62. The first-order chi connectivity index (χ1) is 15.5. The highest BCUT2D eigenvalue weighted by molar-refractivity contribution is 7.89. The van der Waals surface area contributed by atoms with Crippen molar-refractivity contribution in [3.05, 3.63) is 52.5 Å². The van der Waals surface area contributed by atoms with Crippen LogP contribution in [0.4, 0.5) is 5.69 Å². The number of nitrogens with zero attached hydrogens (tertiary/aromatic N) is 2. The minimum atomic E-state index is -3.89. The smallest absolute Gasteiger partial charge is 0.419 e. The quantitative estimate of drug-likeness (QED) is 0.485. The Bertz CT molecular complexity index is 1320. The van der Waals surface area contributed by atoms with Crippen LogP contribution in [-0.2, 0) is 16.6 Å². The third-order valence-electron chi connectivity index (χ3n) is 4.80. The van der Waals surface area contributed by atoms with Gasteiger partial charge in [0.05, 0.1) is 12.6 Å². The molecule has 0 saturated heterocycles. The third-order valence-corrected chi connectivity index (χ3v) is 6.48. The van der Waals surface area contributed by atoms with Crippen LogP contribution in [0.5, 0.6) is 5.75 Å². The zero-order chi connectivity index (χ0) is 24.3. The normalized spacial score (nSPS) is 12.0. The number of amides is 1. The molecular weight excluding hydrogens is 448 g/mol. The number of hydrogen-bond acceptors (Lipinski definition) is 7. The van der Waals surface area contributed by atoms with E-state index >= 15 is 0 Å². The number of aromatic nitrogens is 1. The lowest BCUT2D eigenvalue weighted by Crippen LogP contribution is -2.30. The summed E-state index contributed by atoms with van der Waals surface area (Å²) in [6.45, 7) is 4.47. The lowest BCUT2D eigenvalue weighted by atomic mass is 10.2. The first-order valence-corrected chi connectivity index (χ1v) is 11.8. The van der Waals surface area contributed by atoms with Crippen LogP contribution in [0.15, 0.2) is 50.5 Å². The van der Waals surface area contributed by atoms with Crippen LogP contribution in [0, 0.1) is 0 Å². The van der Waals surface area contributed by atoms with Crippen LogP contribution < -0.4 is 20.5 Å². The van der Waals surface area contributed by atoms with Gasteiger partial charge in [-0.2, -0.15) is 0 Å². The van der Waals surface area contributed by atoms with Gasteiger partial charge in [-0.15, -0.1) is 0 Å². The van der Waals surface area contributed by atoms with Gasteiger partial charge < -0.3 is 19.4 Å². The summed E-state index contributed by atoms with van der Waals surface area (Å²) in [5.41, 5.74) is 1.54. The van der Waals surface area contributed by atoms with Crippen molar-refractivity contribution in [2.75, 3.05) is 33.1 Å². The van der Waals surface area contributed by atoms with Crippen molar-refractivity contribution in [1.29, 1.82) is 0 Å². The van der Waals surface area contributed by atoms with E-state index < -0.39 is 21.7 Å². The van der Waals surface area contributed by atoms with Crippen molar-refractivity contribution < 1.29 is 22.4 Å². The van der Waals surface area contributed by atoms with Crippen molar-refractivity contribution in [2.24, 2.45) is 0 Å². The second-order valence-corrected chi connectivity index (χ2v) is 9.78. The zero-order valence-corrected chi connectivity index (χ0v) is 20.0. The molecule has 178 valence electrons. The maximum absolute atomic E-state index is 12.9. The average Bonchev–Trinajstić information content (AvgIpc) is 3.05. The molecule has 0 unspecified atom stereocenters. The number of ether oxygens (including phenoxy) is 1. The summed E-state index contributed by atoms with van der Waals surface area (Å²) in [5, 5.41) is 2.75. The molecule has 33 heavy (non-hydrogen) atoms. The molecule has 3 rings (SSSR count). The molecule has 2 aromatic carbocycles. The average molecular weight is 477 g/mol. The van der Waals surface area contributed by atoms with E-state index in [1.165, 1.54) is 29.9 Å². The Hall–Kier alpha value is -3.15. The van der Waals surface area contributed by atoms with E-state index in [0.29, 0.717) is 29.9 Å². The van der Waals surface area contributed by atoms with Crippen LogP contribution in [0.1, 0.15) is 24.2 Å². The SMILES string of the molecule is COc1ccc(C(=O)Nc2ccc3oc(=O)n(CCN(C)C)c3c2)cc1S(=O)(=O)NC(C)C. The molecular formula is C22H28N4O6S. The van der Waals surface area contributed by atoms with Crippen LogP contribution in [0.3, 0.4) is 0 Å². The lowest BCUT2D eigenvalue weighted by Gasteiger charge is -2.14. The summed E-state index contributed by atoms with van der Waals surface area (Å²) in [6, 6.07) is 8.71. The zero-order valence-electron chi connectivity index (χ0n) is 19.2. The number of carbonyl (C=O) groups is 1. The van der Waals surface area contributed by atoms with E-state index in [1.54, 1.807) is 32.0 Å². The lowest BCUT2D eigenvalue weighted by molar-refractivity contribution is 0.102. The summed E-state index contributed by atoms with van der Waals surface area (Å²) in [4.78, 5) is 26.9. The van der Waals surface area contributed by atoms with Crippen LogP contribution in [-0.4, -0.2) is 57.6 Å². The molecule has 11 heteroatoms. The highest BCUT2D eigenvalue weighted by Crippen LogP contribution is 2.26. The number of anilines is 1. The molecule has 0 aliphatic heterocycles. The minimum absolute atomic E-state index is 0.129. The molecule has 1 heterocycles. The Morgan fingerprint density at radius 3 is 2.55 bits per heavy atom. The summed E-state index contributed by atoms with van der Waals surface area (Å²) < 4.78 is 39.8. The number of benzene rings is 2. The molecule has 0 atom stereocenters. The van der Waals surface area contributed by atoms with Crippen LogP contribution in [0.25, 0.3) is 11.1 Å². The fraction of sp³-hybridized carbons (Fsp3) is 0.364. The van der Waals surface area contributed by atoms with Gasteiger partial charge >= 0.3 is 5.76 Å². The van der Waals surface area contributed by atoms with E-state index in [2.05, 4.69) is 10.0 Å². The summed E-state index contributed by atoms with van der Waals surface area (Å²) in [6.07, 6.45) is 0. The van der Waals surface area contributed by atoms with Crippen molar-refractivity contribution in [3.8, 4) is 5.75 Å². The van der Waals surface area contributed by atoms with Crippen LogP contribution >= 0.6 is 0 Å². The molecule has 10 nitrogen and oxygen atoms in total. The molecule has 0 aliphatic carbocycles. The summed E-state index contributed by atoms with van der Waals surface area (Å²) in [5.74, 6) is -0.855. The first-order valence-electron chi connectivity index (χ1n) is 10.3. The maximum Gasteiger partial charge on any atom is 0.419 e. The molecule has 3 aromatic rings. The topological polar surface area (TPSA) is 123 Å². The molecule has 0 saturated carbocycles. The molecule has 2 N–H and O–H groups in total. The number of rotatable bonds is 9.